The summed E-state index contributed by atoms with van der Waals surface area (Å²) in [5.41, 5.74) is 3.94. The van der Waals surface area contributed by atoms with E-state index in [0.29, 0.717) is 5.56 Å². The Morgan fingerprint density at radius 3 is 2.43 bits per heavy atom. The van der Waals surface area contributed by atoms with Crippen LogP contribution in [0.4, 0.5) is 10.1 Å². The number of hydrazone groups is 1. The van der Waals surface area contributed by atoms with Crippen LogP contribution in [-0.4, -0.2) is 25.3 Å². The number of hydrogen-bond acceptors (Lipinski definition) is 4. The summed E-state index contributed by atoms with van der Waals surface area (Å²) in [6, 6.07) is 12.6. The van der Waals surface area contributed by atoms with Gasteiger partial charge in [0, 0.05) is 5.69 Å². The molecule has 0 aliphatic carbocycles. The molecule has 0 radical (unpaired) electrons. The first kappa shape index (κ1) is 16.5. The lowest BCUT2D eigenvalue weighted by Crippen LogP contribution is -2.34. The number of nitrogens with one attached hydrogen (secondary N) is 2. The lowest BCUT2D eigenvalue weighted by Gasteiger charge is -2.13. The lowest BCUT2D eigenvalue weighted by atomic mass is 10.2. The zero-order chi connectivity index (χ0) is 16.7. The summed E-state index contributed by atoms with van der Waals surface area (Å²) in [4.78, 5) is 11.9. The molecule has 0 aliphatic heterocycles. The first-order valence-corrected chi connectivity index (χ1v) is 7.07. The predicted molar refractivity (Wildman–Crippen MR) is 88.2 cm³/mol. The fourth-order valence-electron chi connectivity index (χ4n) is 1.82. The van der Waals surface area contributed by atoms with Crippen LogP contribution in [0, 0.1) is 5.82 Å². The topological polar surface area (TPSA) is 62.7 Å². The van der Waals surface area contributed by atoms with E-state index in [1.807, 2.05) is 12.1 Å². The summed E-state index contributed by atoms with van der Waals surface area (Å²) >= 11 is 0. The van der Waals surface area contributed by atoms with Crippen molar-refractivity contribution in [3.8, 4) is 5.75 Å². The molecular formula is C17H18FN3O2. The molecule has 2 N–H and O–H groups in total. The van der Waals surface area contributed by atoms with E-state index >= 15 is 0 Å². The zero-order valence-corrected chi connectivity index (χ0v) is 12.9. The van der Waals surface area contributed by atoms with Crippen molar-refractivity contribution in [2.24, 2.45) is 5.10 Å². The number of halogens is 1. The molecule has 0 saturated carbocycles. The first-order valence-electron chi connectivity index (χ1n) is 7.07. The molecule has 1 atom stereocenters. The minimum absolute atomic E-state index is 0.279. The molecule has 0 saturated heterocycles. The van der Waals surface area contributed by atoms with Crippen LogP contribution in [0.15, 0.2) is 53.6 Å². The van der Waals surface area contributed by atoms with Gasteiger partial charge in [-0.1, -0.05) is 12.1 Å². The highest BCUT2D eigenvalue weighted by Gasteiger charge is 2.11. The maximum atomic E-state index is 12.8. The van der Waals surface area contributed by atoms with E-state index in [-0.39, 0.29) is 11.7 Å². The molecule has 23 heavy (non-hydrogen) atoms. The van der Waals surface area contributed by atoms with Gasteiger partial charge in [-0.3, -0.25) is 4.79 Å². The molecule has 1 amide bonds. The molecule has 0 aliphatic rings. The second-order valence-corrected chi connectivity index (χ2v) is 4.88. The van der Waals surface area contributed by atoms with E-state index in [1.54, 1.807) is 38.3 Å². The van der Waals surface area contributed by atoms with Crippen LogP contribution < -0.4 is 15.5 Å². The molecule has 120 valence electrons. The number of hydrogen-bond donors (Lipinski definition) is 2. The number of benzene rings is 2. The third kappa shape index (κ3) is 5.10. The monoisotopic (exact) mass is 315 g/mol. The van der Waals surface area contributed by atoms with Gasteiger partial charge in [-0.25, -0.2) is 9.82 Å². The summed E-state index contributed by atoms with van der Waals surface area (Å²) in [7, 11) is 1.59. The van der Waals surface area contributed by atoms with Gasteiger partial charge >= 0.3 is 0 Å². The van der Waals surface area contributed by atoms with Crippen LogP contribution in [0.2, 0.25) is 0 Å². The van der Waals surface area contributed by atoms with Crippen LogP contribution in [0.5, 0.6) is 5.75 Å². The Hall–Kier alpha value is -2.89. The SMILES string of the molecule is COc1ccc(N[C@H](C)C(=O)N/N=C\c2ccc(F)cc2)cc1. The second kappa shape index (κ2) is 7.93. The molecule has 0 spiro atoms. The highest BCUT2D eigenvalue weighted by atomic mass is 19.1. The molecule has 5 nitrogen and oxygen atoms in total. The van der Waals surface area contributed by atoms with E-state index < -0.39 is 6.04 Å². The number of rotatable bonds is 6. The van der Waals surface area contributed by atoms with Gasteiger partial charge in [0.25, 0.3) is 5.91 Å². The largest absolute Gasteiger partial charge is 0.497 e. The standard InChI is InChI=1S/C17H18FN3O2/c1-12(20-15-7-9-16(23-2)10-8-15)17(22)21-19-11-13-3-5-14(18)6-4-13/h3-12,20H,1-2H3,(H,21,22)/b19-11-/t12-/m1/s1. The van der Waals surface area contributed by atoms with Gasteiger partial charge in [0.05, 0.1) is 13.3 Å². The van der Waals surface area contributed by atoms with E-state index in [9.17, 15) is 9.18 Å². The molecule has 0 heterocycles. The first-order chi connectivity index (χ1) is 11.1. The molecule has 0 aromatic heterocycles. The van der Waals surface area contributed by atoms with E-state index in [4.69, 9.17) is 4.74 Å². The molecule has 2 aromatic rings. The quantitative estimate of drug-likeness (QED) is 0.636. The summed E-state index contributed by atoms with van der Waals surface area (Å²) in [6.45, 7) is 1.73. The number of amides is 1. The van der Waals surface area contributed by atoms with Crippen LogP contribution in [-0.2, 0) is 4.79 Å². The summed E-state index contributed by atoms with van der Waals surface area (Å²) in [6.07, 6.45) is 1.46. The molecule has 0 bridgehead atoms. The van der Waals surface area contributed by atoms with Gasteiger partial charge in [0.15, 0.2) is 0 Å². The Morgan fingerprint density at radius 1 is 1.17 bits per heavy atom. The average molecular weight is 315 g/mol. The highest BCUT2D eigenvalue weighted by Crippen LogP contribution is 2.15. The zero-order valence-electron chi connectivity index (χ0n) is 12.9. The lowest BCUT2D eigenvalue weighted by molar-refractivity contribution is -0.121. The Labute approximate surface area is 134 Å². The maximum absolute atomic E-state index is 12.8. The van der Waals surface area contributed by atoms with Crippen molar-refractivity contribution in [2.75, 3.05) is 12.4 Å². The normalized spacial score (nSPS) is 12.0. The number of carbonyl (C=O) groups excluding carboxylic acids is 1. The molecule has 2 rings (SSSR count). The molecule has 0 fully saturated rings. The number of carbonyl (C=O) groups is 1. The average Bonchev–Trinajstić information content (AvgIpc) is 2.57. The van der Waals surface area contributed by atoms with E-state index in [2.05, 4.69) is 15.8 Å². The molecule has 0 unspecified atom stereocenters. The van der Waals surface area contributed by atoms with Gasteiger partial charge < -0.3 is 10.1 Å². The van der Waals surface area contributed by atoms with Crippen LogP contribution in [0.25, 0.3) is 0 Å². The van der Waals surface area contributed by atoms with Crippen molar-refractivity contribution < 1.29 is 13.9 Å². The number of ether oxygens (including phenoxy) is 1. The van der Waals surface area contributed by atoms with Gasteiger partial charge in [0.2, 0.25) is 0 Å². The molecular weight excluding hydrogens is 297 g/mol. The minimum Gasteiger partial charge on any atom is -0.497 e. The third-order valence-electron chi connectivity index (χ3n) is 3.12. The Balaban J connectivity index is 1.85. The smallest absolute Gasteiger partial charge is 0.262 e. The van der Waals surface area contributed by atoms with E-state index in [1.165, 1.54) is 18.3 Å². The molecule has 2 aromatic carbocycles. The van der Waals surface area contributed by atoms with Gasteiger partial charge in [0.1, 0.15) is 17.6 Å². The Morgan fingerprint density at radius 2 is 1.83 bits per heavy atom. The number of methoxy groups -OCH3 is 1. The fourth-order valence-corrected chi connectivity index (χ4v) is 1.82. The van der Waals surface area contributed by atoms with Crippen LogP contribution >= 0.6 is 0 Å². The summed E-state index contributed by atoms with van der Waals surface area (Å²) in [5, 5.41) is 6.91. The number of nitrogens with zero attached hydrogens (tertiary/aromatic N) is 1. The Kier molecular flexibility index (Phi) is 5.68. The van der Waals surface area contributed by atoms with Crippen molar-refractivity contribution in [1.29, 1.82) is 0 Å². The van der Waals surface area contributed by atoms with Gasteiger partial charge in [-0.2, -0.15) is 5.10 Å². The Bertz CT molecular complexity index is 669. The van der Waals surface area contributed by atoms with Crippen molar-refractivity contribution in [2.45, 2.75) is 13.0 Å². The van der Waals surface area contributed by atoms with Gasteiger partial charge in [-0.15, -0.1) is 0 Å². The third-order valence-corrected chi connectivity index (χ3v) is 3.12. The summed E-state index contributed by atoms with van der Waals surface area (Å²) < 4.78 is 17.8. The second-order valence-electron chi connectivity index (χ2n) is 4.88. The van der Waals surface area contributed by atoms with Crippen LogP contribution in [0.3, 0.4) is 0 Å². The van der Waals surface area contributed by atoms with E-state index in [0.717, 1.165) is 11.4 Å². The van der Waals surface area contributed by atoms with Gasteiger partial charge in [-0.05, 0) is 48.9 Å². The maximum Gasteiger partial charge on any atom is 0.262 e. The number of anilines is 1. The highest BCUT2D eigenvalue weighted by molar-refractivity contribution is 5.86. The van der Waals surface area contributed by atoms with Crippen molar-refractivity contribution in [1.82, 2.24) is 5.43 Å². The predicted octanol–water partition coefficient (Wildman–Crippen LogP) is 2.79. The van der Waals surface area contributed by atoms with Crippen LogP contribution in [0.1, 0.15) is 12.5 Å². The molecule has 6 heteroatoms. The van der Waals surface area contributed by atoms with Crippen molar-refractivity contribution >= 4 is 17.8 Å². The van der Waals surface area contributed by atoms with Crippen molar-refractivity contribution in [3.63, 3.8) is 0 Å². The minimum atomic E-state index is -0.464. The summed E-state index contributed by atoms with van der Waals surface area (Å²) in [5.74, 6) is 0.152. The fraction of sp³-hybridized carbons (Fsp3) is 0.176. The van der Waals surface area contributed by atoms with Crippen molar-refractivity contribution in [3.05, 3.63) is 59.9 Å².